The quantitative estimate of drug-likeness (QED) is 0.792. The van der Waals surface area contributed by atoms with E-state index in [1.807, 2.05) is 25.7 Å². The van der Waals surface area contributed by atoms with Gasteiger partial charge in [-0.15, -0.1) is 0 Å². The smallest absolute Gasteiger partial charge is 0.410 e. The highest BCUT2D eigenvalue weighted by Gasteiger charge is 2.26. The average Bonchev–Trinajstić information content (AvgIpc) is 2.37. The van der Waals surface area contributed by atoms with Crippen LogP contribution >= 0.6 is 0 Å². The molecule has 1 aromatic rings. The van der Waals surface area contributed by atoms with E-state index < -0.39 is 5.60 Å². The van der Waals surface area contributed by atoms with Crippen LogP contribution in [-0.4, -0.2) is 58.0 Å². The third-order valence-corrected chi connectivity index (χ3v) is 2.79. The second-order valence-corrected chi connectivity index (χ2v) is 5.60. The summed E-state index contributed by atoms with van der Waals surface area (Å²) >= 11 is 0. The van der Waals surface area contributed by atoms with Gasteiger partial charge >= 0.3 is 6.09 Å². The number of rotatable bonds is 1. The highest BCUT2D eigenvalue weighted by molar-refractivity contribution is 5.68. The molecule has 0 bridgehead atoms. The lowest BCUT2D eigenvalue weighted by molar-refractivity contribution is 0.0240. The first kappa shape index (κ1) is 14.3. The maximum absolute atomic E-state index is 11.9. The predicted molar refractivity (Wildman–Crippen MR) is 72.7 cm³/mol. The Morgan fingerprint density at radius 1 is 1.30 bits per heavy atom. The van der Waals surface area contributed by atoms with Gasteiger partial charge in [-0.25, -0.2) is 9.89 Å². The molecule has 1 saturated heterocycles. The SMILES string of the molecule is CC(C)(C)OC(=O)N1CCN(c2nc(=O)cn[nH]2)CC1. The molecule has 0 saturated carbocycles. The molecule has 8 nitrogen and oxygen atoms in total. The highest BCUT2D eigenvalue weighted by Crippen LogP contribution is 2.13. The van der Waals surface area contributed by atoms with E-state index in [-0.39, 0.29) is 11.7 Å². The van der Waals surface area contributed by atoms with Crippen LogP contribution in [0.15, 0.2) is 11.0 Å². The number of piperazine rings is 1. The van der Waals surface area contributed by atoms with Gasteiger partial charge in [0, 0.05) is 26.2 Å². The molecule has 1 aliphatic rings. The molecule has 0 spiro atoms. The van der Waals surface area contributed by atoms with Gasteiger partial charge in [-0.05, 0) is 20.8 Å². The fourth-order valence-electron chi connectivity index (χ4n) is 1.87. The van der Waals surface area contributed by atoms with Crippen LogP contribution in [0.4, 0.5) is 10.7 Å². The van der Waals surface area contributed by atoms with Crippen molar-refractivity contribution in [2.75, 3.05) is 31.1 Å². The first-order valence-electron chi connectivity index (χ1n) is 6.50. The second kappa shape index (κ2) is 5.48. The van der Waals surface area contributed by atoms with E-state index in [0.717, 1.165) is 6.20 Å². The van der Waals surface area contributed by atoms with Crippen LogP contribution < -0.4 is 10.5 Å². The summed E-state index contributed by atoms with van der Waals surface area (Å²) in [5.41, 5.74) is -0.877. The molecule has 0 atom stereocenters. The number of carbonyl (C=O) groups is 1. The number of ether oxygens (including phenoxy) is 1. The number of H-pyrrole nitrogens is 1. The molecule has 2 heterocycles. The first-order chi connectivity index (χ1) is 9.35. The van der Waals surface area contributed by atoms with Gasteiger partial charge < -0.3 is 14.5 Å². The Labute approximate surface area is 116 Å². The molecule has 1 fully saturated rings. The number of aromatic nitrogens is 3. The highest BCUT2D eigenvalue weighted by atomic mass is 16.6. The van der Waals surface area contributed by atoms with Crippen molar-refractivity contribution in [2.45, 2.75) is 26.4 Å². The molecule has 1 amide bonds. The summed E-state index contributed by atoms with van der Waals surface area (Å²) in [5.74, 6) is 0.432. The average molecular weight is 281 g/mol. The van der Waals surface area contributed by atoms with E-state index in [0.29, 0.717) is 32.1 Å². The Balaban J connectivity index is 1.92. The molecule has 20 heavy (non-hydrogen) atoms. The molecule has 8 heteroatoms. The van der Waals surface area contributed by atoms with Crippen LogP contribution in [0, 0.1) is 0 Å². The number of carbonyl (C=O) groups excluding carboxylic acids is 1. The predicted octanol–water partition coefficient (Wildman–Crippen LogP) is 0.222. The van der Waals surface area contributed by atoms with E-state index in [1.54, 1.807) is 4.90 Å². The van der Waals surface area contributed by atoms with Gasteiger partial charge in [-0.1, -0.05) is 0 Å². The Bertz CT molecular complexity index is 528. The Morgan fingerprint density at radius 3 is 2.50 bits per heavy atom. The molecule has 0 radical (unpaired) electrons. The third kappa shape index (κ3) is 3.69. The van der Waals surface area contributed by atoms with Crippen LogP contribution in [0.25, 0.3) is 0 Å². The Hall–Kier alpha value is -2.12. The standard InChI is InChI=1S/C12H19N5O3/c1-12(2,3)20-11(19)17-6-4-16(5-7-17)10-14-9(18)8-13-15-10/h8H,4-7H2,1-3H3,(H,14,15,18). The van der Waals surface area contributed by atoms with Crippen LogP contribution in [0.2, 0.25) is 0 Å². The lowest BCUT2D eigenvalue weighted by Crippen LogP contribution is -2.50. The number of nitrogens with one attached hydrogen (secondary N) is 1. The molecule has 0 unspecified atom stereocenters. The van der Waals surface area contributed by atoms with E-state index in [1.165, 1.54) is 0 Å². The second-order valence-electron chi connectivity index (χ2n) is 5.60. The number of hydrogen-bond donors (Lipinski definition) is 1. The minimum Gasteiger partial charge on any atom is -0.444 e. The van der Waals surface area contributed by atoms with E-state index in [2.05, 4.69) is 15.2 Å². The normalized spacial score (nSPS) is 16.1. The van der Waals surface area contributed by atoms with Crippen molar-refractivity contribution in [1.82, 2.24) is 20.1 Å². The zero-order valence-electron chi connectivity index (χ0n) is 11.9. The fraction of sp³-hybridized carbons (Fsp3) is 0.667. The van der Waals surface area contributed by atoms with Crippen molar-refractivity contribution in [3.05, 3.63) is 16.6 Å². The van der Waals surface area contributed by atoms with Gasteiger partial charge in [-0.3, -0.25) is 4.79 Å². The van der Waals surface area contributed by atoms with Crippen LogP contribution in [0.3, 0.4) is 0 Å². The summed E-state index contributed by atoms with van der Waals surface area (Å²) in [6, 6.07) is 0. The molecular weight excluding hydrogens is 262 g/mol. The van der Waals surface area contributed by atoms with Crippen molar-refractivity contribution < 1.29 is 9.53 Å². The van der Waals surface area contributed by atoms with Crippen LogP contribution in [0.1, 0.15) is 20.8 Å². The molecule has 1 aromatic heterocycles. The van der Waals surface area contributed by atoms with E-state index >= 15 is 0 Å². The summed E-state index contributed by atoms with van der Waals surface area (Å²) in [7, 11) is 0. The zero-order valence-corrected chi connectivity index (χ0v) is 11.9. The van der Waals surface area contributed by atoms with Crippen molar-refractivity contribution in [2.24, 2.45) is 0 Å². The molecule has 110 valence electrons. The van der Waals surface area contributed by atoms with Crippen molar-refractivity contribution in [3.8, 4) is 0 Å². The Kier molecular flexibility index (Phi) is 3.91. The lowest BCUT2D eigenvalue weighted by atomic mass is 10.2. The van der Waals surface area contributed by atoms with Crippen LogP contribution in [-0.2, 0) is 4.74 Å². The number of aromatic amines is 1. The number of hydrogen-bond acceptors (Lipinski definition) is 6. The van der Waals surface area contributed by atoms with Crippen molar-refractivity contribution in [1.29, 1.82) is 0 Å². The summed E-state index contributed by atoms with van der Waals surface area (Å²) in [6.07, 6.45) is 0.810. The Morgan fingerprint density at radius 2 is 1.95 bits per heavy atom. The maximum Gasteiger partial charge on any atom is 0.410 e. The molecular formula is C12H19N5O3. The van der Waals surface area contributed by atoms with Gasteiger partial charge in [-0.2, -0.15) is 10.1 Å². The van der Waals surface area contributed by atoms with Gasteiger partial charge in [0.2, 0.25) is 5.95 Å². The van der Waals surface area contributed by atoms with Gasteiger partial charge in [0.1, 0.15) is 11.8 Å². The first-order valence-corrected chi connectivity index (χ1v) is 6.50. The summed E-state index contributed by atoms with van der Waals surface area (Å²) in [6.45, 7) is 7.71. The molecule has 0 aliphatic carbocycles. The molecule has 1 aliphatic heterocycles. The fourth-order valence-corrected chi connectivity index (χ4v) is 1.87. The molecule has 0 aromatic carbocycles. The summed E-state index contributed by atoms with van der Waals surface area (Å²) < 4.78 is 5.32. The van der Waals surface area contributed by atoms with Crippen molar-refractivity contribution in [3.63, 3.8) is 0 Å². The third-order valence-electron chi connectivity index (χ3n) is 2.79. The monoisotopic (exact) mass is 281 g/mol. The minimum absolute atomic E-state index is 0.315. The van der Waals surface area contributed by atoms with Crippen LogP contribution in [0.5, 0.6) is 0 Å². The number of nitrogens with zero attached hydrogens (tertiary/aromatic N) is 4. The van der Waals surface area contributed by atoms with Gasteiger partial charge in [0.05, 0.1) is 0 Å². The van der Waals surface area contributed by atoms with Gasteiger partial charge in [0.25, 0.3) is 5.56 Å². The van der Waals surface area contributed by atoms with E-state index in [9.17, 15) is 9.59 Å². The van der Waals surface area contributed by atoms with E-state index in [4.69, 9.17) is 4.74 Å². The summed E-state index contributed by atoms with van der Waals surface area (Å²) in [4.78, 5) is 30.4. The molecule has 2 rings (SSSR count). The van der Waals surface area contributed by atoms with Gasteiger partial charge in [0.15, 0.2) is 0 Å². The zero-order chi connectivity index (χ0) is 14.8. The number of amides is 1. The largest absolute Gasteiger partial charge is 0.444 e. The summed E-state index contributed by atoms with van der Waals surface area (Å²) in [5, 5.41) is 6.41. The topological polar surface area (TPSA) is 91.4 Å². The minimum atomic E-state index is -0.496. The van der Waals surface area contributed by atoms with Crippen molar-refractivity contribution >= 4 is 12.0 Å². The maximum atomic E-state index is 11.9. The number of anilines is 1. The molecule has 1 N–H and O–H groups in total. The lowest BCUT2D eigenvalue weighted by Gasteiger charge is -2.35.